The van der Waals surface area contributed by atoms with Crippen LogP contribution in [0.5, 0.6) is 0 Å². The van der Waals surface area contributed by atoms with Gasteiger partial charge in [-0.3, -0.25) is 4.79 Å². The van der Waals surface area contributed by atoms with Crippen molar-refractivity contribution in [3.63, 3.8) is 0 Å². The van der Waals surface area contributed by atoms with Gasteiger partial charge in [0.25, 0.3) is 0 Å². The third-order valence-electron chi connectivity index (χ3n) is 2.34. The highest BCUT2D eigenvalue weighted by Gasteiger charge is 2.19. The molecule has 0 aromatic carbocycles. The minimum absolute atomic E-state index is 0.00204. The topological polar surface area (TPSA) is 26.3 Å². The van der Waals surface area contributed by atoms with Gasteiger partial charge in [-0.15, -0.1) is 0 Å². The third-order valence-corrected chi connectivity index (χ3v) is 2.34. The van der Waals surface area contributed by atoms with Gasteiger partial charge in [-0.25, -0.2) is 0 Å². The van der Waals surface area contributed by atoms with Crippen molar-refractivity contribution < 1.29 is 9.53 Å². The third kappa shape index (κ3) is 3.62. The standard InChI is InChI=1S/C11H18O2/c1-2-3-9-13-11(12)10-7-5-4-6-8-10/h4-5,10H,2-3,6-9H2,1H3. The van der Waals surface area contributed by atoms with E-state index in [0.717, 1.165) is 32.1 Å². The zero-order valence-electron chi connectivity index (χ0n) is 8.29. The van der Waals surface area contributed by atoms with E-state index in [9.17, 15) is 4.79 Å². The average Bonchev–Trinajstić information content (AvgIpc) is 2.19. The van der Waals surface area contributed by atoms with Crippen molar-refractivity contribution in [2.24, 2.45) is 5.92 Å². The number of hydrogen-bond donors (Lipinski definition) is 0. The Balaban J connectivity index is 2.18. The number of carbonyl (C=O) groups is 1. The molecule has 1 atom stereocenters. The van der Waals surface area contributed by atoms with Crippen LogP contribution in [0.1, 0.15) is 39.0 Å². The fraction of sp³-hybridized carbons (Fsp3) is 0.727. The molecule has 1 aliphatic rings. The molecule has 1 unspecified atom stereocenters. The first-order chi connectivity index (χ1) is 6.34. The molecule has 1 aliphatic carbocycles. The highest BCUT2D eigenvalue weighted by atomic mass is 16.5. The van der Waals surface area contributed by atoms with E-state index in [1.54, 1.807) is 0 Å². The Morgan fingerprint density at radius 3 is 3.00 bits per heavy atom. The average molecular weight is 182 g/mol. The molecular weight excluding hydrogens is 164 g/mol. The van der Waals surface area contributed by atoms with E-state index < -0.39 is 0 Å². The number of hydrogen-bond acceptors (Lipinski definition) is 2. The van der Waals surface area contributed by atoms with Gasteiger partial charge in [-0.2, -0.15) is 0 Å². The lowest BCUT2D eigenvalue weighted by atomic mass is 9.95. The molecular formula is C11H18O2. The number of unbranched alkanes of at least 4 members (excludes halogenated alkanes) is 1. The van der Waals surface area contributed by atoms with E-state index in [2.05, 4.69) is 19.1 Å². The first-order valence-electron chi connectivity index (χ1n) is 5.16. The molecule has 0 amide bonds. The van der Waals surface area contributed by atoms with Crippen LogP contribution in [0.15, 0.2) is 12.2 Å². The van der Waals surface area contributed by atoms with Gasteiger partial charge < -0.3 is 4.74 Å². The minimum Gasteiger partial charge on any atom is -0.465 e. The molecule has 0 aromatic rings. The van der Waals surface area contributed by atoms with Crippen molar-refractivity contribution in [2.75, 3.05) is 6.61 Å². The molecule has 0 spiro atoms. The number of ether oxygens (including phenoxy) is 1. The summed E-state index contributed by atoms with van der Waals surface area (Å²) in [6, 6.07) is 0. The lowest BCUT2D eigenvalue weighted by molar-refractivity contribution is -0.148. The summed E-state index contributed by atoms with van der Waals surface area (Å²) in [5.74, 6) is 0.125. The van der Waals surface area contributed by atoms with E-state index in [-0.39, 0.29) is 11.9 Å². The van der Waals surface area contributed by atoms with Crippen molar-refractivity contribution in [3.8, 4) is 0 Å². The van der Waals surface area contributed by atoms with Gasteiger partial charge in [0.1, 0.15) is 0 Å². The Hall–Kier alpha value is -0.790. The van der Waals surface area contributed by atoms with Crippen LogP contribution in [-0.2, 0) is 9.53 Å². The summed E-state index contributed by atoms with van der Waals surface area (Å²) in [4.78, 5) is 11.4. The normalized spacial score (nSPS) is 21.5. The molecule has 0 saturated carbocycles. The molecule has 0 N–H and O–H groups in total. The van der Waals surface area contributed by atoms with Gasteiger partial charge in [0, 0.05) is 0 Å². The summed E-state index contributed by atoms with van der Waals surface area (Å²) < 4.78 is 5.15. The quantitative estimate of drug-likeness (QED) is 0.379. The second kappa shape index (κ2) is 5.79. The molecule has 0 heterocycles. The van der Waals surface area contributed by atoms with E-state index in [1.807, 2.05) is 0 Å². The molecule has 2 heteroatoms. The van der Waals surface area contributed by atoms with Gasteiger partial charge >= 0.3 is 5.97 Å². The van der Waals surface area contributed by atoms with Crippen LogP contribution in [-0.4, -0.2) is 12.6 Å². The summed E-state index contributed by atoms with van der Waals surface area (Å²) in [5.41, 5.74) is 0. The summed E-state index contributed by atoms with van der Waals surface area (Å²) in [6.07, 6.45) is 9.12. The minimum atomic E-state index is -0.00204. The van der Waals surface area contributed by atoms with E-state index in [4.69, 9.17) is 4.74 Å². The number of carbonyl (C=O) groups excluding carboxylic acids is 1. The molecule has 74 valence electrons. The molecule has 0 aliphatic heterocycles. The van der Waals surface area contributed by atoms with Gasteiger partial charge in [-0.05, 0) is 25.7 Å². The van der Waals surface area contributed by atoms with Crippen molar-refractivity contribution in [3.05, 3.63) is 12.2 Å². The van der Waals surface area contributed by atoms with Crippen LogP contribution >= 0.6 is 0 Å². The largest absolute Gasteiger partial charge is 0.465 e. The van der Waals surface area contributed by atoms with Crippen molar-refractivity contribution in [1.29, 1.82) is 0 Å². The Morgan fingerprint density at radius 2 is 2.38 bits per heavy atom. The monoisotopic (exact) mass is 182 g/mol. The maximum Gasteiger partial charge on any atom is 0.309 e. The maximum absolute atomic E-state index is 11.4. The highest BCUT2D eigenvalue weighted by Crippen LogP contribution is 2.19. The molecule has 0 saturated heterocycles. The Bertz CT molecular complexity index is 185. The zero-order valence-corrected chi connectivity index (χ0v) is 8.29. The highest BCUT2D eigenvalue weighted by molar-refractivity contribution is 5.72. The van der Waals surface area contributed by atoms with Crippen LogP contribution in [0.4, 0.5) is 0 Å². The second-order valence-electron chi connectivity index (χ2n) is 3.50. The predicted molar refractivity (Wildman–Crippen MR) is 52.3 cm³/mol. The van der Waals surface area contributed by atoms with E-state index in [1.165, 1.54) is 0 Å². The SMILES string of the molecule is CCCCOC(=O)C1CC=CCC1. The molecule has 13 heavy (non-hydrogen) atoms. The molecule has 0 radical (unpaired) electrons. The molecule has 0 bridgehead atoms. The van der Waals surface area contributed by atoms with Crippen LogP contribution in [0.3, 0.4) is 0 Å². The Kier molecular flexibility index (Phi) is 4.58. The summed E-state index contributed by atoms with van der Waals surface area (Å²) in [5, 5.41) is 0. The van der Waals surface area contributed by atoms with E-state index >= 15 is 0 Å². The van der Waals surface area contributed by atoms with Gasteiger partial charge in [-0.1, -0.05) is 25.5 Å². The number of allylic oxidation sites excluding steroid dienone is 2. The van der Waals surface area contributed by atoms with Crippen LogP contribution in [0.2, 0.25) is 0 Å². The molecule has 0 fully saturated rings. The van der Waals surface area contributed by atoms with Crippen LogP contribution in [0.25, 0.3) is 0 Å². The molecule has 1 rings (SSSR count). The fourth-order valence-electron chi connectivity index (χ4n) is 1.44. The van der Waals surface area contributed by atoms with Gasteiger partial charge in [0.2, 0.25) is 0 Å². The number of esters is 1. The lowest BCUT2D eigenvalue weighted by Gasteiger charge is -2.15. The fourth-order valence-corrected chi connectivity index (χ4v) is 1.44. The Labute approximate surface area is 80.0 Å². The lowest BCUT2D eigenvalue weighted by Crippen LogP contribution is -2.19. The molecule has 0 aromatic heterocycles. The van der Waals surface area contributed by atoms with E-state index in [0.29, 0.717) is 6.61 Å². The summed E-state index contributed by atoms with van der Waals surface area (Å²) >= 11 is 0. The van der Waals surface area contributed by atoms with Crippen molar-refractivity contribution >= 4 is 5.97 Å². The van der Waals surface area contributed by atoms with Gasteiger partial charge in [0.15, 0.2) is 0 Å². The predicted octanol–water partition coefficient (Wildman–Crippen LogP) is 2.69. The first kappa shape index (κ1) is 10.3. The number of rotatable bonds is 4. The van der Waals surface area contributed by atoms with Crippen LogP contribution < -0.4 is 0 Å². The molecule has 2 nitrogen and oxygen atoms in total. The zero-order chi connectivity index (χ0) is 9.52. The summed E-state index contributed by atoms with van der Waals surface area (Å²) in [6.45, 7) is 2.69. The Morgan fingerprint density at radius 1 is 1.54 bits per heavy atom. The smallest absolute Gasteiger partial charge is 0.309 e. The van der Waals surface area contributed by atoms with Gasteiger partial charge in [0.05, 0.1) is 12.5 Å². The second-order valence-corrected chi connectivity index (χ2v) is 3.50. The van der Waals surface area contributed by atoms with Crippen molar-refractivity contribution in [1.82, 2.24) is 0 Å². The first-order valence-corrected chi connectivity index (χ1v) is 5.16. The van der Waals surface area contributed by atoms with Crippen molar-refractivity contribution in [2.45, 2.75) is 39.0 Å². The van der Waals surface area contributed by atoms with Crippen LogP contribution in [0, 0.1) is 5.92 Å². The summed E-state index contributed by atoms with van der Waals surface area (Å²) in [7, 11) is 0. The maximum atomic E-state index is 11.4.